The van der Waals surface area contributed by atoms with Crippen LogP contribution in [0.1, 0.15) is 30.9 Å². The third-order valence-corrected chi connectivity index (χ3v) is 5.63. The van der Waals surface area contributed by atoms with Gasteiger partial charge in [0.25, 0.3) is 0 Å². The molecular formula is C18H21F2NO3S. The van der Waals surface area contributed by atoms with Gasteiger partial charge in [0.1, 0.15) is 5.75 Å². The van der Waals surface area contributed by atoms with Gasteiger partial charge in [-0.2, -0.15) is 13.1 Å². The molecule has 0 unspecified atom stereocenters. The first-order valence-corrected chi connectivity index (χ1v) is 9.24. The van der Waals surface area contributed by atoms with Gasteiger partial charge in [-0.15, -0.1) is 0 Å². The Morgan fingerprint density at radius 1 is 1.00 bits per heavy atom. The zero-order valence-electron chi connectivity index (χ0n) is 14.3. The van der Waals surface area contributed by atoms with Crippen LogP contribution in [0.5, 0.6) is 5.75 Å². The van der Waals surface area contributed by atoms with E-state index in [0.717, 1.165) is 5.56 Å². The maximum absolute atomic E-state index is 12.6. The normalized spacial score (nSPS) is 12.2. The van der Waals surface area contributed by atoms with Crippen LogP contribution in [0.15, 0.2) is 53.4 Å². The van der Waals surface area contributed by atoms with Gasteiger partial charge in [-0.05, 0) is 41.3 Å². The quantitative estimate of drug-likeness (QED) is 0.734. The van der Waals surface area contributed by atoms with E-state index < -0.39 is 16.6 Å². The van der Waals surface area contributed by atoms with Crippen LogP contribution in [-0.2, 0) is 16.6 Å². The van der Waals surface area contributed by atoms with Gasteiger partial charge in [-0.3, -0.25) is 0 Å². The molecule has 0 aliphatic carbocycles. The van der Waals surface area contributed by atoms with Gasteiger partial charge in [0.15, 0.2) is 0 Å². The fraction of sp³-hybridized carbons (Fsp3) is 0.333. The highest BCUT2D eigenvalue weighted by Gasteiger charge is 2.21. The molecule has 2 aromatic carbocycles. The predicted molar refractivity (Wildman–Crippen MR) is 92.3 cm³/mol. The smallest absolute Gasteiger partial charge is 0.387 e. The zero-order chi connectivity index (χ0) is 18.6. The summed E-state index contributed by atoms with van der Waals surface area (Å²) in [6.45, 7) is 1.32. The van der Waals surface area contributed by atoms with Crippen molar-refractivity contribution in [3.05, 3.63) is 59.7 Å². The lowest BCUT2D eigenvalue weighted by Gasteiger charge is -2.18. The highest BCUT2D eigenvalue weighted by molar-refractivity contribution is 7.89. The fourth-order valence-electron chi connectivity index (χ4n) is 2.32. The van der Waals surface area contributed by atoms with Gasteiger partial charge >= 0.3 is 6.61 Å². The molecule has 0 heterocycles. The summed E-state index contributed by atoms with van der Waals surface area (Å²) in [6, 6.07) is 12.7. The minimum absolute atomic E-state index is 0.0357. The lowest BCUT2D eigenvalue weighted by Crippen LogP contribution is -2.26. The average Bonchev–Trinajstić information content (AvgIpc) is 2.56. The molecule has 0 radical (unpaired) electrons. The van der Waals surface area contributed by atoms with Crippen LogP contribution < -0.4 is 4.74 Å². The largest absolute Gasteiger partial charge is 0.435 e. The molecule has 0 spiro atoms. The molecule has 2 rings (SSSR count). The van der Waals surface area contributed by atoms with Crippen LogP contribution in [-0.4, -0.2) is 26.4 Å². The van der Waals surface area contributed by atoms with Crippen LogP contribution in [0, 0.1) is 0 Å². The average molecular weight is 369 g/mol. The van der Waals surface area contributed by atoms with Gasteiger partial charge in [0.05, 0.1) is 4.90 Å². The van der Waals surface area contributed by atoms with Crippen molar-refractivity contribution in [1.29, 1.82) is 0 Å². The number of ether oxygens (including phenoxy) is 1. The number of sulfonamides is 1. The molecule has 7 heteroatoms. The molecular weight excluding hydrogens is 348 g/mol. The van der Waals surface area contributed by atoms with E-state index in [1.54, 1.807) is 24.3 Å². The fourth-order valence-corrected chi connectivity index (χ4v) is 3.48. The number of benzene rings is 2. The summed E-state index contributed by atoms with van der Waals surface area (Å²) >= 11 is 0. The van der Waals surface area contributed by atoms with Crippen molar-refractivity contribution in [3.8, 4) is 5.75 Å². The van der Waals surface area contributed by atoms with Crippen molar-refractivity contribution in [3.63, 3.8) is 0 Å². The van der Waals surface area contributed by atoms with Gasteiger partial charge in [-0.1, -0.05) is 38.1 Å². The van der Waals surface area contributed by atoms with Gasteiger partial charge in [0, 0.05) is 13.6 Å². The molecule has 0 atom stereocenters. The van der Waals surface area contributed by atoms with Gasteiger partial charge in [-0.25, -0.2) is 8.42 Å². The summed E-state index contributed by atoms with van der Waals surface area (Å²) in [4.78, 5) is 0.219. The lowest BCUT2D eigenvalue weighted by atomic mass is 10.0. The predicted octanol–water partition coefficient (Wildman–Crippen LogP) is 4.23. The second-order valence-corrected chi connectivity index (χ2v) is 8.05. The van der Waals surface area contributed by atoms with Gasteiger partial charge < -0.3 is 4.74 Å². The molecule has 2 aromatic rings. The minimum Gasteiger partial charge on any atom is -0.435 e. The first-order valence-electron chi connectivity index (χ1n) is 7.80. The molecule has 4 nitrogen and oxygen atoms in total. The van der Waals surface area contributed by atoms with Crippen LogP contribution in [0.4, 0.5) is 8.78 Å². The van der Waals surface area contributed by atoms with Crippen molar-refractivity contribution in [2.24, 2.45) is 0 Å². The summed E-state index contributed by atoms with van der Waals surface area (Å²) < 4.78 is 55.1. The van der Waals surface area contributed by atoms with E-state index in [1.165, 1.54) is 23.5 Å². The molecule has 0 fully saturated rings. The highest BCUT2D eigenvalue weighted by Crippen LogP contribution is 2.21. The third kappa shape index (κ3) is 4.99. The molecule has 0 aliphatic heterocycles. The number of alkyl halides is 2. The number of hydrogen-bond acceptors (Lipinski definition) is 3. The molecule has 25 heavy (non-hydrogen) atoms. The van der Waals surface area contributed by atoms with E-state index in [1.807, 2.05) is 26.0 Å². The number of rotatable bonds is 7. The summed E-state index contributed by atoms with van der Waals surface area (Å²) in [7, 11) is -2.15. The lowest BCUT2D eigenvalue weighted by molar-refractivity contribution is -0.0498. The van der Waals surface area contributed by atoms with E-state index in [9.17, 15) is 17.2 Å². The SMILES string of the molecule is CC(C)c1ccc(S(=O)(=O)N(C)Cc2ccc(OC(F)F)cc2)cc1. The Kier molecular flexibility index (Phi) is 6.13. The highest BCUT2D eigenvalue weighted by atomic mass is 32.2. The van der Waals surface area contributed by atoms with E-state index in [0.29, 0.717) is 11.5 Å². The Bertz CT molecular complexity index is 788. The monoisotopic (exact) mass is 369 g/mol. The summed E-state index contributed by atoms with van der Waals surface area (Å²) in [5, 5.41) is 0. The topological polar surface area (TPSA) is 46.6 Å². The standard InChI is InChI=1S/C18H21F2NO3S/c1-13(2)15-6-10-17(11-7-15)25(22,23)21(3)12-14-4-8-16(9-5-14)24-18(19)20/h4-11,13,18H,12H2,1-3H3. The van der Waals surface area contributed by atoms with E-state index >= 15 is 0 Å². The Morgan fingerprint density at radius 3 is 2.04 bits per heavy atom. The van der Waals surface area contributed by atoms with Crippen LogP contribution >= 0.6 is 0 Å². The minimum atomic E-state index is -3.63. The van der Waals surface area contributed by atoms with E-state index in [-0.39, 0.29) is 17.2 Å². The molecule has 0 saturated carbocycles. The summed E-state index contributed by atoms with van der Waals surface area (Å²) in [6.07, 6.45) is 0. The second-order valence-electron chi connectivity index (χ2n) is 6.01. The van der Waals surface area contributed by atoms with Crippen molar-refractivity contribution in [2.45, 2.75) is 37.8 Å². The van der Waals surface area contributed by atoms with Crippen LogP contribution in [0.25, 0.3) is 0 Å². The second kappa shape index (κ2) is 7.93. The number of hydrogen-bond donors (Lipinski definition) is 0. The van der Waals surface area contributed by atoms with E-state index in [4.69, 9.17) is 0 Å². The molecule has 0 saturated heterocycles. The van der Waals surface area contributed by atoms with Crippen molar-refractivity contribution < 1.29 is 21.9 Å². The maximum Gasteiger partial charge on any atom is 0.387 e. The Balaban J connectivity index is 2.11. The van der Waals surface area contributed by atoms with Crippen molar-refractivity contribution in [2.75, 3.05) is 7.05 Å². The van der Waals surface area contributed by atoms with E-state index in [2.05, 4.69) is 4.74 Å². The van der Waals surface area contributed by atoms with Crippen molar-refractivity contribution >= 4 is 10.0 Å². The van der Waals surface area contributed by atoms with Crippen LogP contribution in [0.3, 0.4) is 0 Å². The molecule has 136 valence electrons. The molecule has 0 N–H and O–H groups in total. The third-order valence-electron chi connectivity index (χ3n) is 3.81. The van der Waals surface area contributed by atoms with Gasteiger partial charge in [0.2, 0.25) is 10.0 Å². The van der Waals surface area contributed by atoms with Crippen molar-refractivity contribution in [1.82, 2.24) is 4.31 Å². The Hall–Kier alpha value is -1.99. The molecule has 0 amide bonds. The number of nitrogens with zero attached hydrogens (tertiary/aromatic N) is 1. The summed E-state index contributed by atoms with van der Waals surface area (Å²) in [5.41, 5.74) is 1.74. The number of halogens is 2. The Morgan fingerprint density at radius 2 is 1.56 bits per heavy atom. The Labute approximate surface area is 147 Å². The zero-order valence-corrected chi connectivity index (χ0v) is 15.1. The maximum atomic E-state index is 12.6. The first-order chi connectivity index (χ1) is 11.7. The molecule has 0 aliphatic rings. The van der Waals surface area contributed by atoms with Crippen LogP contribution in [0.2, 0.25) is 0 Å². The molecule has 0 aromatic heterocycles. The molecule has 0 bridgehead atoms. The first kappa shape index (κ1) is 19.3. The summed E-state index contributed by atoms with van der Waals surface area (Å²) in [5.74, 6) is 0.358.